The molecule has 0 fully saturated rings. The number of carboxylic acids is 1. The Hall–Kier alpha value is -1.42. The molecule has 2 N–H and O–H groups in total. The zero-order valence-corrected chi connectivity index (χ0v) is 9.40. The molecule has 1 aromatic carbocycles. The summed E-state index contributed by atoms with van der Waals surface area (Å²) < 4.78 is 12.7. The molecule has 0 radical (unpaired) electrons. The van der Waals surface area contributed by atoms with Crippen molar-refractivity contribution >= 4 is 5.97 Å². The van der Waals surface area contributed by atoms with Gasteiger partial charge in [0.1, 0.15) is 5.82 Å². The lowest BCUT2D eigenvalue weighted by Crippen LogP contribution is -2.28. The number of halogens is 1. The van der Waals surface area contributed by atoms with Crippen molar-refractivity contribution in [1.82, 2.24) is 5.32 Å². The zero-order chi connectivity index (χ0) is 12.1. The van der Waals surface area contributed by atoms with E-state index >= 15 is 0 Å². The van der Waals surface area contributed by atoms with Crippen LogP contribution in [0.25, 0.3) is 0 Å². The number of benzene rings is 1. The van der Waals surface area contributed by atoms with Crippen molar-refractivity contribution in [3.63, 3.8) is 0 Å². The second-order valence-electron chi connectivity index (χ2n) is 3.92. The molecule has 1 unspecified atom stereocenters. The average molecular weight is 225 g/mol. The van der Waals surface area contributed by atoms with Gasteiger partial charge in [-0.3, -0.25) is 4.79 Å². The number of rotatable bonds is 5. The van der Waals surface area contributed by atoms with E-state index in [1.54, 1.807) is 19.1 Å². The molecular formula is C12H16FNO2. The van der Waals surface area contributed by atoms with E-state index in [1.165, 1.54) is 12.1 Å². The maximum absolute atomic E-state index is 12.7. The average Bonchev–Trinajstić information content (AvgIpc) is 2.26. The first-order valence-electron chi connectivity index (χ1n) is 5.22. The lowest BCUT2D eigenvalue weighted by Gasteiger charge is -2.15. The van der Waals surface area contributed by atoms with E-state index in [1.807, 2.05) is 6.92 Å². The van der Waals surface area contributed by atoms with Crippen LogP contribution in [0.3, 0.4) is 0 Å². The summed E-state index contributed by atoms with van der Waals surface area (Å²) in [7, 11) is 0. The summed E-state index contributed by atoms with van der Waals surface area (Å²) in [4.78, 5) is 10.6. The fourth-order valence-electron chi connectivity index (χ4n) is 1.31. The van der Waals surface area contributed by atoms with Gasteiger partial charge in [-0.15, -0.1) is 0 Å². The zero-order valence-electron chi connectivity index (χ0n) is 9.40. The molecule has 0 amide bonds. The monoisotopic (exact) mass is 225 g/mol. The highest BCUT2D eigenvalue weighted by molar-refractivity contribution is 5.69. The largest absolute Gasteiger partial charge is 0.481 e. The summed E-state index contributed by atoms with van der Waals surface area (Å²) in [5.41, 5.74) is 0.944. The summed E-state index contributed by atoms with van der Waals surface area (Å²) in [6.07, 6.45) is 0. The summed E-state index contributed by atoms with van der Waals surface area (Å²) in [6.45, 7) is 3.96. The lowest BCUT2D eigenvalue weighted by molar-refractivity contribution is -0.140. The van der Waals surface area contributed by atoms with Crippen molar-refractivity contribution in [2.45, 2.75) is 19.9 Å². The molecule has 0 aliphatic carbocycles. The van der Waals surface area contributed by atoms with Crippen molar-refractivity contribution in [3.8, 4) is 0 Å². The Morgan fingerprint density at radius 2 is 1.94 bits per heavy atom. The predicted octanol–water partition coefficient (Wildman–Crippen LogP) is 2.20. The summed E-state index contributed by atoms with van der Waals surface area (Å²) in [5, 5.41) is 11.8. The van der Waals surface area contributed by atoms with Gasteiger partial charge in [0.15, 0.2) is 0 Å². The second kappa shape index (κ2) is 5.61. The normalized spacial score (nSPS) is 14.4. The Morgan fingerprint density at radius 3 is 2.44 bits per heavy atom. The topological polar surface area (TPSA) is 49.3 Å². The van der Waals surface area contributed by atoms with E-state index in [0.29, 0.717) is 6.54 Å². The maximum atomic E-state index is 12.7. The third-order valence-electron chi connectivity index (χ3n) is 2.52. The smallest absolute Gasteiger partial charge is 0.307 e. The molecule has 0 spiro atoms. The summed E-state index contributed by atoms with van der Waals surface area (Å²) in [5.74, 6) is -1.52. The fraction of sp³-hybridized carbons (Fsp3) is 0.417. The molecule has 2 atom stereocenters. The van der Waals surface area contributed by atoms with Crippen molar-refractivity contribution < 1.29 is 14.3 Å². The summed E-state index contributed by atoms with van der Waals surface area (Å²) in [6, 6.07) is 6.20. The molecule has 3 nitrogen and oxygen atoms in total. The fourth-order valence-corrected chi connectivity index (χ4v) is 1.31. The number of hydrogen-bond donors (Lipinski definition) is 2. The third kappa shape index (κ3) is 3.62. The van der Waals surface area contributed by atoms with E-state index in [0.717, 1.165) is 5.56 Å². The van der Waals surface area contributed by atoms with Crippen molar-refractivity contribution in [2.75, 3.05) is 6.54 Å². The summed E-state index contributed by atoms with van der Waals surface area (Å²) >= 11 is 0. The van der Waals surface area contributed by atoms with Gasteiger partial charge in [-0.1, -0.05) is 19.1 Å². The van der Waals surface area contributed by atoms with E-state index in [-0.39, 0.29) is 11.9 Å². The first kappa shape index (κ1) is 12.6. The number of nitrogens with one attached hydrogen (secondary N) is 1. The molecule has 4 heteroatoms. The minimum atomic E-state index is -0.821. The van der Waals surface area contributed by atoms with Crippen LogP contribution in [0.15, 0.2) is 24.3 Å². The number of carbonyl (C=O) groups is 1. The second-order valence-corrected chi connectivity index (χ2v) is 3.92. The van der Waals surface area contributed by atoms with Crippen LogP contribution in [0.5, 0.6) is 0 Å². The Bertz CT molecular complexity index is 351. The number of carboxylic acid groups (broad SMARTS) is 1. The van der Waals surface area contributed by atoms with Gasteiger partial charge in [0, 0.05) is 12.6 Å². The molecule has 16 heavy (non-hydrogen) atoms. The van der Waals surface area contributed by atoms with Gasteiger partial charge in [0.05, 0.1) is 5.92 Å². The molecule has 0 aromatic heterocycles. The van der Waals surface area contributed by atoms with E-state index in [4.69, 9.17) is 5.11 Å². The molecule has 0 aliphatic rings. The van der Waals surface area contributed by atoms with E-state index in [2.05, 4.69) is 5.32 Å². The van der Waals surface area contributed by atoms with Crippen molar-refractivity contribution in [3.05, 3.63) is 35.6 Å². The quantitative estimate of drug-likeness (QED) is 0.807. The standard InChI is InChI=1S/C12H16FNO2/c1-8(12(15)16)7-14-9(2)10-3-5-11(13)6-4-10/h3-6,8-9,14H,7H2,1-2H3,(H,15,16)/t8?,9-/m0/s1. The molecule has 0 saturated heterocycles. The van der Waals surface area contributed by atoms with E-state index in [9.17, 15) is 9.18 Å². The van der Waals surface area contributed by atoms with Crippen molar-refractivity contribution in [1.29, 1.82) is 0 Å². The number of hydrogen-bond acceptors (Lipinski definition) is 2. The number of aliphatic carboxylic acids is 1. The highest BCUT2D eigenvalue weighted by Gasteiger charge is 2.12. The Kier molecular flexibility index (Phi) is 4.43. The Balaban J connectivity index is 2.49. The first-order chi connectivity index (χ1) is 7.50. The van der Waals surface area contributed by atoms with Gasteiger partial charge in [-0.25, -0.2) is 4.39 Å². The molecule has 0 heterocycles. The molecule has 1 aromatic rings. The van der Waals surface area contributed by atoms with Crippen LogP contribution in [0.2, 0.25) is 0 Å². The maximum Gasteiger partial charge on any atom is 0.307 e. The third-order valence-corrected chi connectivity index (χ3v) is 2.52. The molecule has 1 rings (SSSR count). The predicted molar refractivity (Wildman–Crippen MR) is 59.6 cm³/mol. The minimum Gasteiger partial charge on any atom is -0.481 e. The van der Waals surface area contributed by atoms with Crippen LogP contribution < -0.4 is 5.32 Å². The lowest BCUT2D eigenvalue weighted by atomic mass is 10.1. The van der Waals surface area contributed by atoms with Gasteiger partial charge in [0.25, 0.3) is 0 Å². The van der Waals surface area contributed by atoms with E-state index < -0.39 is 11.9 Å². The van der Waals surface area contributed by atoms with Gasteiger partial charge < -0.3 is 10.4 Å². The SMILES string of the molecule is CC(CN[C@@H](C)c1ccc(F)cc1)C(=O)O. The molecule has 88 valence electrons. The molecular weight excluding hydrogens is 209 g/mol. The van der Waals surface area contributed by atoms with Crippen LogP contribution in [0.4, 0.5) is 4.39 Å². The van der Waals surface area contributed by atoms with Gasteiger partial charge in [-0.2, -0.15) is 0 Å². The van der Waals surface area contributed by atoms with Crippen LogP contribution in [-0.2, 0) is 4.79 Å². The van der Waals surface area contributed by atoms with Crippen LogP contribution in [0, 0.1) is 11.7 Å². The molecule has 0 bridgehead atoms. The van der Waals surface area contributed by atoms with Gasteiger partial charge in [0.2, 0.25) is 0 Å². The Morgan fingerprint density at radius 1 is 1.38 bits per heavy atom. The molecule has 0 saturated carbocycles. The van der Waals surface area contributed by atoms with Crippen molar-refractivity contribution in [2.24, 2.45) is 5.92 Å². The van der Waals surface area contributed by atoms with Crippen LogP contribution >= 0.6 is 0 Å². The first-order valence-corrected chi connectivity index (χ1v) is 5.22. The Labute approximate surface area is 94.3 Å². The minimum absolute atomic E-state index is 0.0161. The van der Waals surface area contributed by atoms with Gasteiger partial charge >= 0.3 is 5.97 Å². The van der Waals surface area contributed by atoms with Gasteiger partial charge in [-0.05, 0) is 24.6 Å². The van der Waals surface area contributed by atoms with Crippen LogP contribution in [-0.4, -0.2) is 17.6 Å². The highest BCUT2D eigenvalue weighted by atomic mass is 19.1. The molecule has 0 aliphatic heterocycles. The highest BCUT2D eigenvalue weighted by Crippen LogP contribution is 2.13. The van der Waals surface area contributed by atoms with Crippen LogP contribution in [0.1, 0.15) is 25.5 Å².